The van der Waals surface area contributed by atoms with Gasteiger partial charge in [-0.25, -0.2) is 0 Å². The largest absolute Gasteiger partial charge is 0.368 e. The number of primary amides is 1. The van der Waals surface area contributed by atoms with Gasteiger partial charge in [-0.1, -0.05) is 72.3 Å². The van der Waals surface area contributed by atoms with Gasteiger partial charge in [0, 0.05) is 10.6 Å². The van der Waals surface area contributed by atoms with E-state index in [0.29, 0.717) is 16.1 Å². The van der Waals surface area contributed by atoms with Crippen LogP contribution < -0.4 is 5.73 Å². The van der Waals surface area contributed by atoms with Crippen molar-refractivity contribution in [3.63, 3.8) is 0 Å². The first kappa shape index (κ1) is 19.6. The Kier molecular flexibility index (Phi) is 6.12. The van der Waals surface area contributed by atoms with Crippen molar-refractivity contribution in [3.05, 3.63) is 107 Å². The van der Waals surface area contributed by atoms with Crippen LogP contribution in [0.2, 0.25) is 5.02 Å². The molecule has 0 fully saturated rings. The maximum Gasteiger partial charge on any atom is 0.255 e. The number of nitrogens with zero attached hydrogens (tertiary/aromatic N) is 1. The van der Waals surface area contributed by atoms with E-state index in [2.05, 4.69) is 0 Å². The highest BCUT2D eigenvalue weighted by molar-refractivity contribution is 6.30. The molecule has 0 aliphatic rings. The fraction of sp³-hybridized carbons (Fsp3) is 0.130. The predicted molar refractivity (Wildman–Crippen MR) is 111 cm³/mol. The molecule has 0 aromatic heterocycles. The minimum absolute atomic E-state index is 0.277. The van der Waals surface area contributed by atoms with Crippen LogP contribution >= 0.6 is 11.6 Å². The summed E-state index contributed by atoms with van der Waals surface area (Å²) < 4.78 is 0. The topological polar surface area (TPSA) is 63.4 Å². The molecular weight excluding hydrogens is 372 g/mol. The molecule has 0 spiro atoms. The van der Waals surface area contributed by atoms with E-state index in [4.69, 9.17) is 17.3 Å². The summed E-state index contributed by atoms with van der Waals surface area (Å²) in [6.45, 7) is 1.87. The number of benzene rings is 3. The van der Waals surface area contributed by atoms with Crippen molar-refractivity contribution in [2.24, 2.45) is 5.73 Å². The van der Waals surface area contributed by atoms with Gasteiger partial charge in [0.15, 0.2) is 0 Å². The SMILES string of the molecule is C[C@H](c1cccc(Cl)c1)N(C(=O)c1ccccc1)[C@@H](C(N)=O)c1ccccc1. The summed E-state index contributed by atoms with van der Waals surface area (Å²) in [7, 11) is 0. The van der Waals surface area contributed by atoms with E-state index in [1.165, 1.54) is 4.90 Å². The van der Waals surface area contributed by atoms with Crippen LogP contribution in [0.5, 0.6) is 0 Å². The van der Waals surface area contributed by atoms with Crippen LogP contribution in [0.1, 0.15) is 40.5 Å². The van der Waals surface area contributed by atoms with Crippen molar-refractivity contribution in [2.45, 2.75) is 19.0 Å². The zero-order valence-electron chi connectivity index (χ0n) is 15.5. The molecule has 0 unspecified atom stereocenters. The van der Waals surface area contributed by atoms with E-state index in [9.17, 15) is 9.59 Å². The van der Waals surface area contributed by atoms with Gasteiger partial charge in [-0.05, 0) is 42.3 Å². The Balaban J connectivity index is 2.12. The molecule has 2 amide bonds. The maximum atomic E-state index is 13.4. The average Bonchev–Trinajstić information content (AvgIpc) is 2.72. The number of amides is 2. The van der Waals surface area contributed by atoms with Gasteiger partial charge in [-0.15, -0.1) is 0 Å². The first-order valence-corrected chi connectivity index (χ1v) is 9.34. The molecule has 142 valence electrons. The summed E-state index contributed by atoms with van der Waals surface area (Å²) in [6.07, 6.45) is 0. The second-order valence-electron chi connectivity index (χ2n) is 6.53. The van der Waals surface area contributed by atoms with Crippen molar-refractivity contribution in [1.29, 1.82) is 0 Å². The van der Waals surface area contributed by atoms with Crippen LogP contribution in [-0.2, 0) is 4.79 Å². The van der Waals surface area contributed by atoms with Crippen LogP contribution in [0.15, 0.2) is 84.9 Å². The van der Waals surface area contributed by atoms with E-state index in [1.54, 1.807) is 48.5 Å². The van der Waals surface area contributed by atoms with Crippen LogP contribution in [0, 0.1) is 0 Å². The number of carbonyl (C=O) groups is 2. The lowest BCUT2D eigenvalue weighted by atomic mass is 9.98. The van der Waals surface area contributed by atoms with Gasteiger partial charge in [0.05, 0.1) is 6.04 Å². The zero-order valence-corrected chi connectivity index (χ0v) is 16.2. The third-order valence-electron chi connectivity index (χ3n) is 4.67. The van der Waals surface area contributed by atoms with E-state index in [-0.39, 0.29) is 5.91 Å². The highest BCUT2D eigenvalue weighted by Crippen LogP contribution is 2.33. The molecular formula is C23H21ClN2O2. The Hall–Kier alpha value is -3.11. The van der Waals surface area contributed by atoms with Crippen LogP contribution in [0.25, 0.3) is 0 Å². The molecule has 0 bridgehead atoms. The van der Waals surface area contributed by atoms with Crippen molar-refractivity contribution >= 4 is 23.4 Å². The summed E-state index contributed by atoms with van der Waals surface area (Å²) in [6, 6.07) is 23.9. The van der Waals surface area contributed by atoms with Gasteiger partial charge in [-0.2, -0.15) is 0 Å². The predicted octanol–water partition coefficient (Wildman–Crippen LogP) is 4.77. The Morgan fingerprint density at radius 2 is 1.43 bits per heavy atom. The second kappa shape index (κ2) is 8.72. The number of halogens is 1. The monoisotopic (exact) mass is 392 g/mol. The molecule has 3 rings (SSSR count). The Morgan fingerprint density at radius 1 is 0.857 bits per heavy atom. The summed E-state index contributed by atoms with van der Waals surface area (Å²) in [5.41, 5.74) is 7.74. The first-order valence-electron chi connectivity index (χ1n) is 8.96. The third-order valence-corrected chi connectivity index (χ3v) is 4.90. The standard InChI is InChI=1S/C23H21ClN2O2/c1-16(19-13-8-14-20(24)15-19)26(23(28)18-11-6-3-7-12-18)21(22(25)27)17-9-4-2-5-10-17/h2-16,21H,1H3,(H2,25,27)/t16-,21-/m1/s1. The normalized spacial score (nSPS) is 12.8. The number of carbonyl (C=O) groups excluding carboxylic acids is 2. The third kappa shape index (κ3) is 4.24. The highest BCUT2D eigenvalue weighted by Gasteiger charge is 2.34. The molecule has 0 aliphatic heterocycles. The first-order chi connectivity index (χ1) is 13.5. The second-order valence-corrected chi connectivity index (χ2v) is 6.96. The zero-order chi connectivity index (χ0) is 20.1. The van der Waals surface area contributed by atoms with Crippen molar-refractivity contribution in [3.8, 4) is 0 Å². The number of hydrogen-bond acceptors (Lipinski definition) is 2. The molecule has 0 radical (unpaired) electrons. The lowest BCUT2D eigenvalue weighted by Gasteiger charge is -2.35. The van der Waals surface area contributed by atoms with E-state index >= 15 is 0 Å². The lowest BCUT2D eigenvalue weighted by Crippen LogP contribution is -2.43. The number of nitrogens with two attached hydrogens (primary N) is 1. The molecule has 4 nitrogen and oxygen atoms in total. The fourth-order valence-electron chi connectivity index (χ4n) is 3.27. The molecule has 0 saturated carbocycles. The van der Waals surface area contributed by atoms with E-state index in [0.717, 1.165) is 5.56 Å². The number of hydrogen-bond donors (Lipinski definition) is 1. The molecule has 0 aliphatic carbocycles. The van der Waals surface area contributed by atoms with E-state index < -0.39 is 18.0 Å². The molecule has 2 atom stereocenters. The molecule has 3 aromatic carbocycles. The average molecular weight is 393 g/mol. The highest BCUT2D eigenvalue weighted by atomic mass is 35.5. The minimum atomic E-state index is -0.914. The van der Waals surface area contributed by atoms with Gasteiger partial charge in [0.1, 0.15) is 6.04 Å². The molecule has 0 saturated heterocycles. The van der Waals surface area contributed by atoms with Gasteiger partial charge < -0.3 is 10.6 Å². The van der Waals surface area contributed by atoms with Crippen molar-refractivity contribution in [1.82, 2.24) is 4.90 Å². The smallest absolute Gasteiger partial charge is 0.255 e. The Morgan fingerprint density at radius 3 is 2.00 bits per heavy atom. The van der Waals surface area contributed by atoms with Crippen molar-refractivity contribution < 1.29 is 9.59 Å². The number of rotatable bonds is 6. The van der Waals surface area contributed by atoms with Crippen LogP contribution in [-0.4, -0.2) is 16.7 Å². The van der Waals surface area contributed by atoms with Gasteiger partial charge in [-0.3, -0.25) is 9.59 Å². The quantitative estimate of drug-likeness (QED) is 0.656. The fourth-order valence-corrected chi connectivity index (χ4v) is 3.47. The molecule has 2 N–H and O–H groups in total. The van der Waals surface area contributed by atoms with Gasteiger partial charge >= 0.3 is 0 Å². The Bertz CT molecular complexity index is 961. The summed E-state index contributed by atoms with van der Waals surface area (Å²) >= 11 is 6.15. The van der Waals surface area contributed by atoms with Gasteiger partial charge in [0.25, 0.3) is 5.91 Å². The molecule has 5 heteroatoms. The molecule has 3 aromatic rings. The molecule has 0 heterocycles. The summed E-state index contributed by atoms with van der Waals surface area (Å²) in [5, 5.41) is 0.562. The maximum absolute atomic E-state index is 13.4. The molecule has 28 heavy (non-hydrogen) atoms. The summed E-state index contributed by atoms with van der Waals surface area (Å²) in [4.78, 5) is 27.5. The van der Waals surface area contributed by atoms with E-state index in [1.807, 2.05) is 43.3 Å². The lowest BCUT2D eigenvalue weighted by molar-refractivity contribution is -0.123. The van der Waals surface area contributed by atoms with Crippen LogP contribution in [0.3, 0.4) is 0 Å². The minimum Gasteiger partial charge on any atom is -0.368 e. The van der Waals surface area contributed by atoms with Crippen LogP contribution in [0.4, 0.5) is 0 Å². The summed E-state index contributed by atoms with van der Waals surface area (Å²) in [5.74, 6) is -0.870. The van der Waals surface area contributed by atoms with Gasteiger partial charge in [0.2, 0.25) is 5.91 Å². The van der Waals surface area contributed by atoms with Crippen molar-refractivity contribution in [2.75, 3.05) is 0 Å². The Labute approximate surface area is 169 Å².